The number of rotatable bonds is 4. The summed E-state index contributed by atoms with van der Waals surface area (Å²) in [7, 11) is -5.93. The van der Waals surface area contributed by atoms with E-state index >= 15 is 0 Å². The van der Waals surface area contributed by atoms with Crippen molar-refractivity contribution >= 4 is 29.2 Å². The van der Waals surface area contributed by atoms with E-state index in [1.165, 1.54) is 12.1 Å². The Bertz CT molecular complexity index is 707. The van der Waals surface area contributed by atoms with Gasteiger partial charge >= 0.3 is 10.1 Å². The Hall–Kier alpha value is -1.52. The molecule has 6 heteroatoms. The molecule has 20 heavy (non-hydrogen) atoms. The highest BCUT2D eigenvalue weighted by molar-refractivity contribution is 7.87. The van der Waals surface area contributed by atoms with Crippen molar-refractivity contribution in [3.63, 3.8) is 0 Å². The number of hydrogen-bond acceptors (Lipinski definition) is 4. The third-order valence-corrected chi connectivity index (χ3v) is 5.03. The smallest absolute Gasteiger partial charge is 0.304 e. The lowest BCUT2D eigenvalue weighted by Crippen LogP contribution is -2.10. The van der Waals surface area contributed by atoms with E-state index in [0.29, 0.717) is 5.30 Å². The molecular formula is C14H13O4PS. The average molecular weight is 308 g/mol. The van der Waals surface area contributed by atoms with Crippen LogP contribution in [0.5, 0.6) is 0 Å². The number of hydrogen-bond donors (Lipinski definition) is 0. The largest absolute Gasteiger partial charge is 0.624 e. The van der Waals surface area contributed by atoms with Gasteiger partial charge in [0.2, 0.25) is 5.98 Å². The first-order chi connectivity index (χ1) is 9.49. The van der Waals surface area contributed by atoms with Gasteiger partial charge in [-0.1, -0.05) is 35.9 Å². The minimum Gasteiger partial charge on any atom is -0.624 e. The van der Waals surface area contributed by atoms with E-state index in [9.17, 15) is 13.3 Å². The zero-order chi connectivity index (χ0) is 14.6. The Labute approximate surface area is 119 Å². The van der Waals surface area contributed by atoms with Crippen LogP contribution in [0.15, 0.2) is 59.5 Å². The average Bonchev–Trinajstić information content (AvgIpc) is 2.46. The van der Waals surface area contributed by atoms with Crippen molar-refractivity contribution in [2.75, 3.05) is 0 Å². The SMILES string of the molecule is Cc1ccc(S(=O)(=O)OC=[P+]([O-])c2ccccc2)cc1. The maximum atomic E-state index is 11.9. The second-order valence-electron chi connectivity index (χ2n) is 4.13. The first kappa shape index (κ1) is 14.9. The topological polar surface area (TPSA) is 66.4 Å². The molecule has 4 nitrogen and oxygen atoms in total. The van der Waals surface area contributed by atoms with Crippen LogP contribution in [0, 0.1) is 6.92 Å². The highest BCUT2D eigenvalue weighted by Gasteiger charge is 2.15. The van der Waals surface area contributed by atoms with Crippen molar-refractivity contribution in [2.45, 2.75) is 11.8 Å². The number of benzene rings is 2. The van der Waals surface area contributed by atoms with Gasteiger partial charge in [-0.3, -0.25) is 0 Å². The molecule has 0 aliphatic carbocycles. The van der Waals surface area contributed by atoms with Crippen LogP contribution in [0.25, 0.3) is 0 Å². The summed E-state index contributed by atoms with van der Waals surface area (Å²) in [5.41, 5.74) is 0.947. The monoisotopic (exact) mass is 308 g/mol. The standard InChI is InChI=1S/C14H13O4PS/c1-12-7-9-14(10-8-12)20(16,17)18-11-19(15)13-5-3-2-4-6-13/h2-11H,1H3. The van der Waals surface area contributed by atoms with Gasteiger partial charge in [0.15, 0.2) is 0 Å². The van der Waals surface area contributed by atoms with E-state index in [0.717, 1.165) is 11.5 Å². The molecule has 0 aliphatic rings. The third kappa shape index (κ3) is 3.74. The van der Waals surface area contributed by atoms with Crippen LogP contribution >= 0.6 is 7.77 Å². The van der Waals surface area contributed by atoms with Crippen LogP contribution in [-0.2, 0) is 14.3 Å². The molecule has 2 aromatic carbocycles. The summed E-state index contributed by atoms with van der Waals surface area (Å²) in [6.07, 6.45) is 0. The van der Waals surface area contributed by atoms with Crippen LogP contribution in [0.4, 0.5) is 0 Å². The lowest BCUT2D eigenvalue weighted by Gasteiger charge is -2.02. The highest BCUT2D eigenvalue weighted by Crippen LogP contribution is 2.15. The molecule has 0 bridgehead atoms. The quantitative estimate of drug-likeness (QED) is 0.635. The van der Waals surface area contributed by atoms with Gasteiger partial charge < -0.3 is 4.89 Å². The summed E-state index contributed by atoms with van der Waals surface area (Å²) in [4.78, 5) is 11.9. The Morgan fingerprint density at radius 2 is 1.65 bits per heavy atom. The van der Waals surface area contributed by atoms with Crippen molar-refractivity contribution in [3.05, 3.63) is 60.2 Å². The first-order valence-corrected chi connectivity index (χ1v) is 8.57. The Morgan fingerprint density at radius 1 is 1.05 bits per heavy atom. The van der Waals surface area contributed by atoms with Crippen LogP contribution in [-0.4, -0.2) is 14.4 Å². The van der Waals surface area contributed by atoms with Crippen LogP contribution in [0.3, 0.4) is 0 Å². The highest BCUT2D eigenvalue weighted by atomic mass is 32.2. The Morgan fingerprint density at radius 3 is 2.25 bits per heavy atom. The van der Waals surface area contributed by atoms with Crippen LogP contribution in [0.1, 0.15) is 5.56 Å². The summed E-state index contributed by atoms with van der Waals surface area (Å²) >= 11 is 0. The molecule has 0 spiro atoms. The predicted octanol–water partition coefficient (Wildman–Crippen LogP) is 1.54. The fourth-order valence-electron chi connectivity index (χ4n) is 1.49. The molecular weight excluding hydrogens is 295 g/mol. The lowest BCUT2D eigenvalue weighted by molar-refractivity contribution is -0.149. The molecule has 0 saturated heterocycles. The maximum Gasteiger partial charge on any atom is 0.304 e. The van der Waals surface area contributed by atoms with Gasteiger partial charge in [0.25, 0.3) is 0 Å². The first-order valence-electron chi connectivity index (χ1n) is 5.84. The van der Waals surface area contributed by atoms with E-state index < -0.39 is 17.9 Å². The molecule has 0 aromatic heterocycles. The van der Waals surface area contributed by atoms with Gasteiger partial charge in [0.05, 0.1) is 4.90 Å². The molecule has 0 saturated carbocycles. The third-order valence-electron chi connectivity index (χ3n) is 2.59. The van der Waals surface area contributed by atoms with Crippen molar-refractivity contribution in [2.24, 2.45) is 0 Å². The molecule has 2 rings (SSSR count). The zero-order valence-corrected chi connectivity index (χ0v) is 12.5. The summed E-state index contributed by atoms with van der Waals surface area (Å²) in [5.74, 6) is 0.861. The van der Waals surface area contributed by atoms with Gasteiger partial charge in [0, 0.05) is 0 Å². The zero-order valence-electron chi connectivity index (χ0n) is 10.8. The lowest BCUT2D eigenvalue weighted by atomic mass is 10.2. The van der Waals surface area contributed by atoms with Crippen molar-refractivity contribution < 1.29 is 17.5 Å². The molecule has 2 aromatic rings. The van der Waals surface area contributed by atoms with Gasteiger partial charge in [-0.25, -0.2) is 0 Å². The van der Waals surface area contributed by atoms with Crippen molar-refractivity contribution in [3.8, 4) is 0 Å². The minimum absolute atomic E-state index is 0.0378. The minimum atomic E-state index is -3.92. The van der Waals surface area contributed by atoms with Gasteiger partial charge in [-0.05, 0) is 31.2 Å². The molecule has 0 radical (unpaired) electrons. The fourth-order valence-corrected chi connectivity index (χ4v) is 3.43. The molecule has 0 amide bonds. The van der Waals surface area contributed by atoms with E-state index in [2.05, 4.69) is 0 Å². The van der Waals surface area contributed by atoms with Crippen molar-refractivity contribution in [1.29, 1.82) is 0 Å². The molecule has 0 N–H and O–H groups in total. The Kier molecular flexibility index (Phi) is 4.68. The van der Waals surface area contributed by atoms with E-state index in [-0.39, 0.29) is 4.90 Å². The maximum absolute atomic E-state index is 11.9. The molecule has 0 aliphatic heterocycles. The van der Waals surface area contributed by atoms with E-state index in [4.69, 9.17) is 4.18 Å². The van der Waals surface area contributed by atoms with Gasteiger partial charge in [0.1, 0.15) is 13.1 Å². The second kappa shape index (κ2) is 6.29. The summed E-state index contributed by atoms with van der Waals surface area (Å²) in [6.45, 7) is 1.86. The van der Waals surface area contributed by atoms with Gasteiger partial charge in [-0.2, -0.15) is 12.6 Å². The summed E-state index contributed by atoms with van der Waals surface area (Å²) < 4.78 is 28.5. The molecule has 0 fully saturated rings. The van der Waals surface area contributed by atoms with E-state index in [1.807, 2.05) is 6.92 Å². The number of aryl methyl sites for hydroxylation is 1. The second-order valence-corrected chi connectivity index (χ2v) is 7.08. The van der Waals surface area contributed by atoms with Crippen LogP contribution < -0.4 is 10.2 Å². The fraction of sp³-hybridized carbons (Fsp3) is 0.0714. The molecule has 0 heterocycles. The summed E-state index contributed by atoms with van der Waals surface area (Å²) in [6, 6.07) is 14.8. The molecule has 1 unspecified atom stereocenters. The van der Waals surface area contributed by atoms with E-state index in [1.54, 1.807) is 42.5 Å². The molecule has 104 valence electrons. The van der Waals surface area contributed by atoms with Crippen molar-refractivity contribution in [1.82, 2.24) is 0 Å². The predicted molar refractivity (Wildman–Crippen MR) is 78.5 cm³/mol. The van der Waals surface area contributed by atoms with Crippen LogP contribution in [0.2, 0.25) is 0 Å². The molecule has 1 atom stereocenters. The Balaban J connectivity index is 2.19. The van der Waals surface area contributed by atoms with Gasteiger partial charge in [-0.15, -0.1) is 0 Å². The normalized spacial score (nSPS) is 12.4. The summed E-state index contributed by atoms with van der Waals surface area (Å²) in [5, 5.41) is 0.515.